The highest BCUT2D eigenvalue weighted by molar-refractivity contribution is 7.15. The van der Waals surface area contributed by atoms with Crippen LogP contribution in [0.3, 0.4) is 0 Å². The predicted molar refractivity (Wildman–Crippen MR) is 81.5 cm³/mol. The number of aryl methyl sites for hydroxylation is 1. The van der Waals surface area contributed by atoms with Crippen LogP contribution in [-0.2, 0) is 22.4 Å². The molecule has 1 amide bonds. The van der Waals surface area contributed by atoms with Gasteiger partial charge in [-0.3, -0.25) is 4.79 Å². The van der Waals surface area contributed by atoms with E-state index in [1.807, 2.05) is 0 Å². The maximum absolute atomic E-state index is 12.1. The number of ether oxygens (including phenoxy) is 1. The first-order valence-corrected chi connectivity index (χ1v) is 7.67. The molecule has 112 valence electrons. The van der Waals surface area contributed by atoms with Gasteiger partial charge in [-0.15, -0.1) is 23.7 Å². The Labute approximate surface area is 128 Å². The zero-order valence-electron chi connectivity index (χ0n) is 11.3. The number of carbonyl (C=O) groups is 1. The number of carbonyl (C=O) groups excluding carboxylic acids is 1. The van der Waals surface area contributed by atoms with Crippen molar-refractivity contribution in [1.82, 2.24) is 4.98 Å². The number of hydrogen-bond donors (Lipinski definition) is 2. The number of halogens is 1. The normalized spacial score (nSPS) is 22.8. The van der Waals surface area contributed by atoms with E-state index in [1.165, 1.54) is 4.88 Å². The van der Waals surface area contributed by atoms with E-state index in [9.17, 15) is 4.79 Å². The lowest BCUT2D eigenvalue weighted by Gasteiger charge is -2.20. The van der Waals surface area contributed by atoms with Crippen LogP contribution in [0.4, 0.5) is 5.13 Å². The Hall–Kier alpha value is -0.690. The summed E-state index contributed by atoms with van der Waals surface area (Å²) in [4.78, 5) is 17.9. The van der Waals surface area contributed by atoms with Gasteiger partial charge in [0.2, 0.25) is 5.91 Å². The molecule has 2 aliphatic rings. The fourth-order valence-corrected chi connectivity index (χ4v) is 3.72. The molecule has 5 nitrogen and oxygen atoms in total. The Morgan fingerprint density at radius 2 is 2.10 bits per heavy atom. The molecule has 1 aromatic rings. The second-order valence-corrected chi connectivity index (χ2v) is 6.35. The van der Waals surface area contributed by atoms with Crippen molar-refractivity contribution in [2.24, 2.45) is 11.7 Å². The third kappa shape index (κ3) is 3.49. The first kappa shape index (κ1) is 15.7. The zero-order valence-corrected chi connectivity index (χ0v) is 12.9. The molecule has 0 saturated carbocycles. The number of aromatic nitrogens is 1. The summed E-state index contributed by atoms with van der Waals surface area (Å²) < 4.78 is 5.27. The Balaban J connectivity index is 0.00000147. The number of amides is 1. The molecule has 0 aromatic carbocycles. The van der Waals surface area contributed by atoms with Gasteiger partial charge in [0, 0.05) is 30.1 Å². The average Bonchev–Trinajstić information content (AvgIpc) is 2.81. The van der Waals surface area contributed by atoms with Gasteiger partial charge in [0.25, 0.3) is 0 Å². The van der Waals surface area contributed by atoms with Crippen LogP contribution < -0.4 is 11.1 Å². The van der Waals surface area contributed by atoms with Crippen LogP contribution in [0, 0.1) is 5.92 Å². The largest absolute Gasteiger partial charge is 0.381 e. The molecule has 1 saturated heterocycles. The van der Waals surface area contributed by atoms with Crippen molar-refractivity contribution in [1.29, 1.82) is 0 Å². The number of fused-ring (bicyclic) bond motifs is 1. The van der Waals surface area contributed by atoms with Gasteiger partial charge < -0.3 is 15.8 Å². The van der Waals surface area contributed by atoms with Crippen molar-refractivity contribution in [3.8, 4) is 0 Å². The summed E-state index contributed by atoms with van der Waals surface area (Å²) >= 11 is 1.58. The zero-order chi connectivity index (χ0) is 13.2. The molecule has 20 heavy (non-hydrogen) atoms. The minimum atomic E-state index is 0. The Morgan fingerprint density at radius 1 is 1.35 bits per heavy atom. The van der Waals surface area contributed by atoms with Crippen molar-refractivity contribution in [3.05, 3.63) is 10.6 Å². The van der Waals surface area contributed by atoms with Crippen molar-refractivity contribution in [2.45, 2.75) is 38.1 Å². The summed E-state index contributed by atoms with van der Waals surface area (Å²) in [5.41, 5.74) is 7.07. The van der Waals surface area contributed by atoms with Gasteiger partial charge >= 0.3 is 0 Å². The monoisotopic (exact) mass is 317 g/mol. The smallest absolute Gasteiger partial charge is 0.229 e. The fraction of sp³-hybridized carbons (Fsp3) is 0.692. The molecule has 1 atom stereocenters. The molecule has 0 bridgehead atoms. The van der Waals surface area contributed by atoms with Crippen LogP contribution in [-0.4, -0.2) is 30.1 Å². The van der Waals surface area contributed by atoms with Crippen LogP contribution in [0.5, 0.6) is 0 Å². The number of nitrogens with two attached hydrogens (primary N) is 1. The number of nitrogens with one attached hydrogen (secondary N) is 1. The van der Waals surface area contributed by atoms with Crippen molar-refractivity contribution in [3.63, 3.8) is 0 Å². The molecule has 1 aromatic heterocycles. The molecule has 1 aliphatic heterocycles. The third-order valence-corrected chi connectivity index (χ3v) is 4.84. The lowest BCUT2D eigenvalue weighted by atomic mass is 9.99. The van der Waals surface area contributed by atoms with E-state index in [1.54, 1.807) is 11.3 Å². The summed E-state index contributed by atoms with van der Waals surface area (Å²) in [5, 5.41) is 3.69. The number of nitrogens with zero attached hydrogens (tertiary/aromatic N) is 1. The molecular weight excluding hydrogens is 298 g/mol. The Morgan fingerprint density at radius 3 is 2.85 bits per heavy atom. The molecule has 1 aliphatic carbocycles. The Kier molecular flexibility index (Phi) is 5.37. The van der Waals surface area contributed by atoms with Crippen molar-refractivity contribution >= 4 is 34.8 Å². The lowest BCUT2D eigenvalue weighted by molar-refractivity contribution is -0.122. The summed E-state index contributed by atoms with van der Waals surface area (Å²) in [6.07, 6.45) is 4.42. The number of anilines is 1. The first-order chi connectivity index (χ1) is 9.22. The van der Waals surface area contributed by atoms with Crippen molar-refractivity contribution in [2.75, 3.05) is 18.5 Å². The summed E-state index contributed by atoms with van der Waals surface area (Å²) in [5.74, 6) is 0.149. The quantitative estimate of drug-likeness (QED) is 0.871. The van der Waals surface area contributed by atoms with E-state index in [4.69, 9.17) is 10.5 Å². The van der Waals surface area contributed by atoms with Crippen LogP contribution in [0.15, 0.2) is 0 Å². The average molecular weight is 318 g/mol. The van der Waals surface area contributed by atoms with Crippen LogP contribution >= 0.6 is 23.7 Å². The van der Waals surface area contributed by atoms with Crippen LogP contribution in [0.2, 0.25) is 0 Å². The van der Waals surface area contributed by atoms with Gasteiger partial charge in [0.05, 0.1) is 5.69 Å². The maximum atomic E-state index is 12.1. The highest BCUT2D eigenvalue weighted by atomic mass is 35.5. The molecule has 3 N–H and O–H groups in total. The Bertz CT molecular complexity index is 474. The second-order valence-electron chi connectivity index (χ2n) is 5.27. The van der Waals surface area contributed by atoms with Crippen LogP contribution in [0.25, 0.3) is 0 Å². The molecule has 0 unspecified atom stereocenters. The standard InChI is InChI=1S/C13H19N3O2S.ClH/c14-9-1-2-10-11(7-9)19-13(15-10)16-12(17)8-3-5-18-6-4-8;/h8-9H,1-7,14H2,(H,15,16,17);1H/t9-;/m0./s1. The fourth-order valence-electron chi connectivity index (χ4n) is 2.62. The van der Waals surface area contributed by atoms with Gasteiger partial charge in [0.15, 0.2) is 5.13 Å². The van der Waals surface area contributed by atoms with Gasteiger partial charge in [0.1, 0.15) is 0 Å². The summed E-state index contributed by atoms with van der Waals surface area (Å²) in [7, 11) is 0. The highest BCUT2D eigenvalue weighted by Crippen LogP contribution is 2.30. The van der Waals surface area contributed by atoms with E-state index in [2.05, 4.69) is 10.3 Å². The molecule has 0 radical (unpaired) electrons. The SMILES string of the molecule is Cl.N[C@H]1CCc2nc(NC(=O)C3CCOCC3)sc2C1. The third-order valence-electron chi connectivity index (χ3n) is 3.80. The van der Waals surface area contributed by atoms with E-state index >= 15 is 0 Å². The minimum absolute atomic E-state index is 0. The maximum Gasteiger partial charge on any atom is 0.229 e. The van der Waals surface area contributed by atoms with Gasteiger partial charge in [-0.25, -0.2) is 4.98 Å². The summed E-state index contributed by atoms with van der Waals surface area (Å²) in [6, 6.07) is 0.243. The van der Waals surface area contributed by atoms with E-state index < -0.39 is 0 Å². The van der Waals surface area contributed by atoms with E-state index in [-0.39, 0.29) is 30.3 Å². The van der Waals surface area contributed by atoms with Crippen LogP contribution in [0.1, 0.15) is 29.8 Å². The van der Waals surface area contributed by atoms with Gasteiger partial charge in [-0.1, -0.05) is 0 Å². The number of thiazole rings is 1. The van der Waals surface area contributed by atoms with E-state index in [0.717, 1.165) is 42.9 Å². The number of hydrogen-bond acceptors (Lipinski definition) is 5. The lowest BCUT2D eigenvalue weighted by Crippen LogP contribution is -2.28. The first-order valence-electron chi connectivity index (χ1n) is 6.85. The molecule has 7 heteroatoms. The van der Waals surface area contributed by atoms with Crippen molar-refractivity contribution < 1.29 is 9.53 Å². The number of rotatable bonds is 2. The topological polar surface area (TPSA) is 77.2 Å². The van der Waals surface area contributed by atoms with E-state index in [0.29, 0.717) is 13.2 Å². The molecular formula is C13H20ClN3O2S. The molecule has 3 rings (SSSR count). The molecule has 1 fully saturated rings. The summed E-state index contributed by atoms with van der Waals surface area (Å²) in [6.45, 7) is 1.36. The second kappa shape index (κ2) is 6.85. The molecule has 0 spiro atoms. The highest BCUT2D eigenvalue weighted by Gasteiger charge is 2.24. The molecule has 2 heterocycles. The predicted octanol–water partition coefficient (Wildman–Crippen LogP) is 1.75. The minimum Gasteiger partial charge on any atom is -0.381 e. The van der Waals surface area contributed by atoms with Gasteiger partial charge in [-0.2, -0.15) is 0 Å². The van der Waals surface area contributed by atoms with Gasteiger partial charge in [-0.05, 0) is 32.1 Å².